The molecule has 0 fully saturated rings. The molecular weight excluding hydrogens is 415 g/mol. The topological polar surface area (TPSA) is 64.7 Å². The molecule has 2 aromatic rings. The summed E-state index contributed by atoms with van der Waals surface area (Å²) in [5.41, 5.74) is 7.80. The van der Waals surface area contributed by atoms with Gasteiger partial charge in [0.25, 0.3) is 6.36 Å². The van der Waals surface area contributed by atoms with Crippen molar-refractivity contribution in [2.24, 2.45) is 16.6 Å². The molecule has 1 aliphatic rings. The third kappa shape index (κ3) is 5.52. The second-order valence-corrected chi connectivity index (χ2v) is 8.73. The number of nitrogens with zero attached hydrogens (tertiary/aromatic N) is 1. The van der Waals surface area contributed by atoms with Gasteiger partial charge < -0.3 is 10.5 Å². The summed E-state index contributed by atoms with van der Waals surface area (Å²) < 4.78 is 18.8. The molecule has 0 amide bonds. The number of alkyl halides is 1. The summed E-state index contributed by atoms with van der Waals surface area (Å²) in [5.74, 6) is 0.678. The Morgan fingerprint density at radius 1 is 1.18 bits per heavy atom. The molecule has 2 N–H and O–H groups in total. The van der Waals surface area contributed by atoms with Gasteiger partial charge in [-0.1, -0.05) is 76.1 Å². The fourth-order valence-corrected chi connectivity index (χ4v) is 4.53. The number of carbonyl (C=O) groups excluding carboxylic acids is 1. The van der Waals surface area contributed by atoms with Crippen LogP contribution in [-0.2, 0) is 16.8 Å². The maximum Gasteiger partial charge on any atom is 0.257 e. The van der Waals surface area contributed by atoms with Crippen molar-refractivity contribution in [2.45, 2.75) is 70.7 Å². The fourth-order valence-electron chi connectivity index (χ4n) is 4.53. The van der Waals surface area contributed by atoms with Crippen molar-refractivity contribution in [3.63, 3.8) is 0 Å². The number of hydrogen-bond donors (Lipinski definition) is 1. The lowest BCUT2D eigenvalue weighted by atomic mass is 9.71. The van der Waals surface area contributed by atoms with E-state index < -0.39 is 11.9 Å². The van der Waals surface area contributed by atoms with Gasteiger partial charge in [0, 0.05) is 12.3 Å². The van der Waals surface area contributed by atoms with E-state index in [1.807, 2.05) is 19.1 Å². The van der Waals surface area contributed by atoms with E-state index in [1.54, 1.807) is 24.3 Å². The van der Waals surface area contributed by atoms with E-state index in [-0.39, 0.29) is 11.7 Å². The molecule has 0 aromatic heterocycles. The van der Waals surface area contributed by atoms with Crippen molar-refractivity contribution >= 4 is 11.6 Å². The van der Waals surface area contributed by atoms with E-state index in [2.05, 4.69) is 25.6 Å². The smallest absolute Gasteiger partial charge is 0.257 e. The second kappa shape index (κ2) is 11.3. The number of aliphatic imine (C=N–C) groups is 1. The number of benzene rings is 2. The van der Waals surface area contributed by atoms with E-state index in [0.717, 1.165) is 24.5 Å². The molecule has 176 valence electrons. The molecular formula is C28H35FN2O2. The molecule has 5 heteroatoms. The Kier molecular flexibility index (Phi) is 8.43. The zero-order valence-corrected chi connectivity index (χ0v) is 19.7. The Labute approximate surface area is 196 Å². The van der Waals surface area contributed by atoms with Crippen LogP contribution in [0.15, 0.2) is 66.2 Å². The summed E-state index contributed by atoms with van der Waals surface area (Å²) in [6.07, 6.45) is 6.33. The molecule has 0 saturated heterocycles. The summed E-state index contributed by atoms with van der Waals surface area (Å²) >= 11 is 0. The van der Waals surface area contributed by atoms with Crippen molar-refractivity contribution in [1.82, 2.24) is 0 Å². The van der Waals surface area contributed by atoms with E-state index >= 15 is 0 Å². The van der Waals surface area contributed by atoms with Gasteiger partial charge >= 0.3 is 0 Å². The Bertz CT molecular complexity index is 986. The predicted molar refractivity (Wildman–Crippen MR) is 132 cm³/mol. The van der Waals surface area contributed by atoms with Gasteiger partial charge in [0.05, 0.1) is 5.84 Å². The Hall–Kier alpha value is -2.95. The molecule has 33 heavy (non-hydrogen) atoms. The molecule has 3 rings (SSSR count). The highest BCUT2D eigenvalue weighted by molar-refractivity contribution is 6.03. The summed E-state index contributed by atoms with van der Waals surface area (Å²) in [6, 6.07) is 15.1. The number of aryl methyl sites for hydroxylation is 1. The molecule has 0 spiro atoms. The lowest BCUT2D eigenvalue weighted by Gasteiger charge is -2.37. The highest BCUT2D eigenvalue weighted by Gasteiger charge is 2.47. The number of unbranched alkanes of at least 4 members (excludes halogenated alkanes) is 3. The van der Waals surface area contributed by atoms with Crippen molar-refractivity contribution in [2.75, 3.05) is 0 Å². The summed E-state index contributed by atoms with van der Waals surface area (Å²) in [4.78, 5) is 18.7. The molecule has 0 radical (unpaired) electrons. The Morgan fingerprint density at radius 2 is 1.94 bits per heavy atom. The van der Waals surface area contributed by atoms with E-state index in [0.29, 0.717) is 30.0 Å². The van der Waals surface area contributed by atoms with Crippen LogP contribution in [-0.4, -0.2) is 18.0 Å². The van der Waals surface area contributed by atoms with Gasteiger partial charge in [-0.2, -0.15) is 4.39 Å². The molecule has 3 atom stereocenters. The molecule has 4 nitrogen and oxygen atoms in total. The third-order valence-corrected chi connectivity index (χ3v) is 6.36. The SMILES string of the molecule is C=CC(F)Oc1ccc(C2(c3cccc(CCCCCC)c3)N=C(N)CC(CC)C2=O)cc1. The zero-order chi connectivity index (χ0) is 23.8. The summed E-state index contributed by atoms with van der Waals surface area (Å²) in [6.45, 7) is 7.60. The van der Waals surface area contributed by atoms with Gasteiger partial charge in [-0.15, -0.1) is 0 Å². The van der Waals surface area contributed by atoms with Crippen LogP contribution >= 0.6 is 0 Å². The Morgan fingerprint density at radius 3 is 2.61 bits per heavy atom. The molecule has 2 aromatic carbocycles. The number of amidine groups is 1. The lowest BCUT2D eigenvalue weighted by molar-refractivity contribution is -0.127. The van der Waals surface area contributed by atoms with E-state index in [4.69, 9.17) is 15.5 Å². The number of hydrogen-bond acceptors (Lipinski definition) is 4. The standard InChI is InChI=1S/C28H35FN2O2/c1-4-7-8-9-11-20-12-10-13-23(18-20)28(27(32)21(5-2)19-26(30)31-28)22-14-16-24(17-15-22)33-25(29)6-3/h6,10,12-18,21,25H,3-5,7-9,11,19H2,1-2H3,(H2,30,31). The van der Waals surface area contributed by atoms with Gasteiger partial charge in [-0.25, -0.2) is 4.99 Å². The second-order valence-electron chi connectivity index (χ2n) is 8.73. The lowest BCUT2D eigenvalue weighted by Crippen LogP contribution is -2.46. The molecule has 3 unspecified atom stereocenters. The van der Waals surface area contributed by atoms with Crippen LogP contribution in [0.25, 0.3) is 0 Å². The highest BCUT2D eigenvalue weighted by atomic mass is 19.1. The van der Waals surface area contributed by atoms with Crippen LogP contribution in [0.4, 0.5) is 4.39 Å². The first-order valence-electron chi connectivity index (χ1n) is 12.0. The first-order valence-corrected chi connectivity index (χ1v) is 12.0. The number of ether oxygens (including phenoxy) is 1. The van der Waals surface area contributed by atoms with Gasteiger partial charge in [-0.05, 0) is 54.2 Å². The first-order chi connectivity index (χ1) is 15.9. The molecule has 0 saturated carbocycles. The van der Waals surface area contributed by atoms with Gasteiger partial charge in [0.2, 0.25) is 0 Å². The Balaban J connectivity index is 2.05. The summed E-state index contributed by atoms with van der Waals surface area (Å²) in [7, 11) is 0. The number of Topliss-reactive ketones (excluding diaryl/α,β-unsaturated/α-hetero) is 1. The van der Waals surface area contributed by atoms with Crippen molar-refractivity contribution < 1.29 is 13.9 Å². The monoisotopic (exact) mass is 450 g/mol. The number of rotatable bonds is 11. The average Bonchev–Trinajstić information content (AvgIpc) is 2.83. The first kappa shape index (κ1) is 24.7. The van der Waals surface area contributed by atoms with Crippen molar-refractivity contribution in [1.29, 1.82) is 0 Å². The molecule has 0 bridgehead atoms. The summed E-state index contributed by atoms with van der Waals surface area (Å²) in [5, 5.41) is 0. The van der Waals surface area contributed by atoms with Crippen LogP contribution < -0.4 is 10.5 Å². The normalized spacial score (nSPS) is 21.4. The average molecular weight is 451 g/mol. The molecule has 1 aliphatic heterocycles. The fraction of sp³-hybridized carbons (Fsp3) is 0.429. The van der Waals surface area contributed by atoms with Gasteiger partial charge in [0.1, 0.15) is 5.75 Å². The van der Waals surface area contributed by atoms with Gasteiger partial charge in [-0.3, -0.25) is 4.79 Å². The maximum atomic E-state index is 13.9. The minimum absolute atomic E-state index is 0.0467. The van der Waals surface area contributed by atoms with E-state index in [9.17, 15) is 9.18 Å². The maximum absolute atomic E-state index is 13.9. The number of halogens is 1. The van der Waals surface area contributed by atoms with Gasteiger partial charge in [0.15, 0.2) is 11.3 Å². The van der Waals surface area contributed by atoms with Crippen molar-refractivity contribution in [3.05, 3.63) is 77.9 Å². The molecule has 0 aliphatic carbocycles. The number of carbonyl (C=O) groups is 1. The predicted octanol–water partition coefficient (Wildman–Crippen LogP) is 6.27. The van der Waals surface area contributed by atoms with Crippen LogP contribution in [0.5, 0.6) is 5.75 Å². The minimum Gasteiger partial charge on any atom is -0.457 e. The zero-order valence-electron chi connectivity index (χ0n) is 19.7. The molecule has 1 heterocycles. The third-order valence-electron chi connectivity index (χ3n) is 6.36. The number of ketones is 1. The largest absolute Gasteiger partial charge is 0.457 e. The quantitative estimate of drug-likeness (QED) is 0.324. The van der Waals surface area contributed by atoms with Crippen LogP contribution in [0.2, 0.25) is 0 Å². The highest BCUT2D eigenvalue weighted by Crippen LogP contribution is 2.42. The van der Waals surface area contributed by atoms with Crippen LogP contribution in [0.3, 0.4) is 0 Å². The van der Waals surface area contributed by atoms with Crippen LogP contribution in [0.1, 0.15) is 69.1 Å². The van der Waals surface area contributed by atoms with E-state index in [1.165, 1.54) is 24.8 Å². The minimum atomic E-state index is -1.59. The van der Waals surface area contributed by atoms with Crippen molar-refractivity contribution in [3.8, 4) is 5.75 Å². The van der Waals surface area contributed by atoms with Crippen LogP contribution in [0, 0.1) is 5.92 Å². The number of nitrogens with two attached hydrogens (primary N) is 1.